The summed E-state index contributed by atoms with van der Waals surface area (Å²) in [6, 6.07) is 19.5. The molecule has 0 aliphatic carbocycles. The Hall–Kier alpha value is -2.77. The summed E-state index contributed by atoms with van der Waals surface area (Å²) in [5.41, 5.74) is 4.05. The van der Waals surface area contributed by atoms with E-state index in [1.54, 1.807) is 54.2 Å². The Balaban J connectivity index is 1.96. The molecule has 0 saturated carbocycles. The fraction of sp³-hybridized carbons (Fsp3) is 0.208. The molecular weight excluding hydrogens is 428 g/mol. The van der Waals surface area contributed by atoms with Crippen LogP contribution in [-0.2, 0) is 14.8 Å². The first-order valence-corrected chi connectivity index (χ1v) is 12.5. The highest BCUT2D eigenvalue weighted by Crippen LogP contribution is 2.26. The standard InChI is InChI=1S/C24H26N2O3S2/c1-17-8-12-23(13-9-17)31(28,29)26(21-11-10-18(2)19(3)14-21)16-24(27)25-20-6-5-7-22(15-20)30-4/h5-15H,16H2,1-4H3,(H,25,27). The molecule has 0 spiro atoms. The van der Waals surface area contributed by atoms with Crippen molar-refractivity contribution in [3.05, 3.63) is 83.4 Å². The molecule has 31 heavy (non-hydrogen) atoms. The van der Waals surface area contributed by atoms with Crippen molar-refractivity contribution >= 4 is 39.1 Å². The summed E-state index contributed by atoms with van der Waals surface area (Å²) < 4.78 is 28.1. The fourth-order valence-electron chi connectivity index (χ4n) is 3.07. The van der Waals surface area contributed by atoms with Crippen molar-refractivity contribution in [2.24, 2.45) is 0 Å². The van der Waals surface area contributed by atoms with Gasteiger partial charge in [-0.15, -0.1) is 11.8 Å². The summed E-state index contributed by atoms with van der Waals surface area (Å²) in [4.78, 5) is 14.0. The molecule has 162 valence electrons. The van der Waals surface area contributed by atoms with Crippen molar-refractivity contribution in [1.29, 1.82) is 0 Å². The molecule has 5 nitrogen and oxygen atoms in total. The Morgan fingerprint density at radius 2 is 1.65 bits per heavy atom. The number of hydrogen-bond donors (Lipinski definition) is 1. The Morgan fingerprint density at radius 1 is 0.935 bits per heavy atom. The lowest BCUT2D eigenvalue weighted by Crippen LogP contribution is -2.38. The molecular formula is C24H26N2O3S2. The number of carbonyl (C=O) groups is 1. The number of sulfonamides is 1. The monoisotopic (exact) mass is 454 g/mol. The number of thioether (sulfide) groups is 1. The number of rotatable bonds is 7. The lowest BCUT2D eigenvalue weighted by Gasteiger charge is -2.25. The molecule has 3 aromatic rings. The van der Waals surface area contributed by atoms with E-state index in [0.717, 1.165) is 25.9 Å². The van der Waals surface area contributed by atoms with Crippen molar-refractivity contribution in [2.45, 2.75) is 30.6 Å². The fourth-order valence-corrected chi connectivity index (χ4v) is 4.94. The minimum atomic E-state index is -3.93. The lowest BCUT2D eigenvalue weighted by molar-refractivity contribution is -0.114. The van der Waals surface area contributed by atoms with Gasteiger partial charge >= 0.3 is 0 Å². The second kappa shape index (κ2) is 9.58. The van der Waals surface area contributed by atoms with Gasteiger partial charge in [0.05, 0.1) is 10.6 Å². The molecule has 0 bridgehead atoms. The smallest absolute Gasteiger partial charge is 0.264 e. The number of benzene rings is 3. The number of nitrogens with one attached hydrogen (secondary N) is 1. The zero-order valence-electron chi connectivity index (χ0n) is 18.0. The zero-order chi connectivity index (χ0) is 22.6. The van der Waals surface area contributed by atoms with Crippen LogP contribution < -0.4 is 9.62 Å². The normalized spacial score (nSPS) is 11.2. The van der Waals surface area contributed by atoms with Gasteiger partial charge in [0.25, 0.3) is 10.0 Å². The summed E-state index contributed by atoms with van der Waals surface area (Å²) >= 11 is 1.57. The first-order valence-electron chi connectivity index (χ1n) is 9.81. The van der Waals surface area contributed by atoms with E-state index in [9.17, 15) is 13.2 Å². The molecule has 0 radical (unpaired) electrons. The summed E-state index contributed by atoms with van der Waals surface area (Å²) in [5.74, 6) is -0.410. The predicted molar refractivity (Wildman–Crippen MR) is 128 cm³/mol. The summed E-state index contributed by atoms with van der Waals surface area (Å²) in [5, 5.41) is 2.82. The van der Waals surface area contributed by atoms with E-state index in [4.69, 9.17) is 0 Å². The minimum absolute atomic E-state index is 0.147. The number of aryl methyl sites for hydroxylation is 3. The van der Waals surface area contributed by atoms with Crippen LogP contribution >= 0.6 is 11.8 Å². The van der Waals surface area contributed by atoms with Gasteiger partial charge < -0.3 is 5.32 Å². The van der Waals surface area contributed by atoms with Gasteiger partial charge in [-0.2, -0.15) is 0 Å². The predicted octanol–water partition coefficient (Wildman–Crippen LogP) is 5.17. The third-order valence-corrected chi connectivity index (χ3v) is 7.54. The number of anilines is 2. The average molecular weight is 455 g/mol. The molecule has 0 fully saturated rings. The third-order valence-electron chi connectivity index (χ3n) is 5.03. The highest BCUT2D eigenvalue weighted by molar-refractivity contribution is 7.98. The second-order valence-corrected chi connectivity index (χ2v) is 10.1. The van der Waals surface area contributed by atoms with Gasteiger partial charge in [-0.3, -0.25) is 9.10 Å². The summed E-state index contributed by atoms with van der Waals surface area (Å²) in [6.07, 6.45) is 1.95. The molecule has 0 unspecified atom stereocenters. The third kappa shape index (κ3) is 5.48. The molecule has 0 aromatic heterocycles. The average Bonchev–Trinajstić information content (AvgIpc) is 2.74. The van der Waals surface area contributed by atoms with Crippen molar-refractivity contribution in [2.75, 3.05) is 22.4 Å². The van der Waals surface area contributed by atoms with E-state index in [0.29, 0.717) is 11.4 Å². The highest BCUT2D eigenvalue weighted by Gasteiger charge is 2.27. The maximum atomic E-state index is 13.5. The number of nitrogens with zero attached hydrogens (tertiary/aromatic N) is 1. The van der Waals surface area contributed by atoms with Crippen LogP contribution in [0.25, 0.3) is 0 Å². The Kier molecular flexibility index (Phi) is 7.08. The molecule has 0 aliphatic heterocycles. The van der Waals surface area contributed by atoms with E-state index in [-0.39, 0.29) is 11.4 Å². The van der Waals surface area contributed by atoms with Crippen molar-refractivity contribution in [3.63, 3.8) is 0 Å². The largest absolute Gasteiger partial charge is 0.324 e. The van der Waals surface area contributed by atoms with Gasteiger partial charge in [0.2, 0.25) is 5.91 Å². The van der Waals surface area contributed by atoms with E-state index in [1.807, 2.05) is 51.3 Å². The van der Waals surface area contributed by atoms with Crippen LogP contribution in [0.3, 0.4) is 0 Å². The van der Waals surface area contributed by atoms with Crippen LogP contribution in [-0.4, -0.2) is 27.1 Å². The minimum Gasteiger partial charge on any atom is -0.324 e. The molecule has 1 N–H and O–H groups in total. The van der Waals surface area contributed by atoms with Crippen molar-refractivity contribution in [3.8, 4) is 0 Å². The Labute approximate surface area is 188 Å². The maximum absolute atomic E-state index is 13.5. The van der Waals surface area contributed by atoms with E-state index in [2.05, 4.69) is 5.32 Å². The second-order valence-electron chi connectivity index (χ2n) is 7.37. The molecule has 0 saturated heterocycles. The van der Waals surface area contributed by atoms with Crippen molar-refractivity contribution in [1.82, 2.24) is 0 Å². The van der Waals surface area contributed by atoms with Crippen LogP contribution in [0.5, 0.6) is 0 Å². The SMILES string of the molecule is CSc1cccc(NC(=O)CN(c2ccc(C)c(C)c2)S(=O)(=O)c2ccc(C)cc2)c1. The van der Waals surface area contributed by atoms with Gasteiger partial charge in [0.15, 0.2) is 0 Å². The molecule has 7 heteroatoms. The Bertz CT molecular complexity index is 1190. The number of hydrogen-bond acceptors (Lipinski definition) is 4. The first kappa shape index (κ1) is 22.9. The van der Waals surface area contributed by atoms with Crippen LogP contribution in [0, 0.1) is 20.8 Å². The van der Waals surface area contributed by atoms with E-state index >= 15 is 0 Å². The molecule has 3 aromatic carbocycles. The topological polar surface area (TPSA) is 66.5 Å². The van der Waals surface area contributed by atoms with Gasteiger partial charge in [0.1, 0.15) is 6.54 Å². The summed E-state index contributed by atoms with van der Waals surface area (Å²) in [7, 11) is -3.93. The van der Waals surface area contributed by atoms with E-state index in [1.165, 1.54) is 0 Å². The summed E-state index contributed by atoms with van der Waals surface area (Å²) in [6.45, 7) is 5.45. The highest BCUT2D eigenvalue weighted by atomic mass is 32.2. The van der Waals surface area contributed by atoms with Crippen LogP contribution in [0.1, 0.15) is 16.7 Å². The molecule has 0 atom stereocenters. The number of carbonyl (C=O) groups excluding carboxylic acids is 1. The van der Waals surface area contributed by atoms with Crippen molar-refractivity contribution < 1.29 is 13.2 Å². The van der Waals surface area contributed by atoms with Crippen LogP contribution in [0.4, 0.5) is 11.4 Å². The van der Waals surface area contributed by atoms with Crippen LogP contribution in [0.2, 0.25) is 0 Å². The first-order chi connectivity index (χ1) is 14.7. The van der Waals surface area contributed by atoms with Gasteiger partial charge in [-0.05, 0) is 80.6 Å². The maximum Gasteiger partial charge on any atom is 0.264 e. The van der Waals surface area contributed by atoms with Gasteiger partial charge in [0, 0.05) is 10.6 Å². The lowest BCUT2D eigenvalue weighted by atomic mass is 10.1. The van der Waals surface area contributed by atoms with Gasteiger partial charge in [-0.25, -0.2) is 8.42 Å². The van der Waals surface area contributed by atoms with Gasteiger partial charge in [-0.1, -0.05) is 29.8 Å². The van der Waals surface area contributed by atoms with Crippen LogP contribution in [0.15, 0.2) is 76.5 Å². The molecule has 3 rings (SSSR count). The zero-order valence-corrected chi connectivity index (χ0v) is 19.7. The quantitative estimate of drug-likeness (QED) is 0.500. The molecule has 1 amide bonds. The molecule has 0 heterocycles. The Morgan fingerprint density at radius 3 is 2.29 bits per heavy atom. The van der Waals surface area contributed by atoms with E-state index < -0.39 is 15.9 Å². The number of amides is 1. The molecule has 0 aliphatic rings.